The second-order valence-electron chi connectivity index (χ2n) is 6.45. The van der Waals surface area contributed by atoms with Crippen molar-refractivity contribution in [2.75, 3.05) is 6.61 Å². The van der Waals surface area contributed by atoms with Gasteiger partial charge in [-0.15, -0.1) is 0 Å². The van der Waals surface area contributed by atoms with Crippen LogP contribution in [0.15, 0.2) is 39.9 Å². The van der Waals surface area contributed by atoms with Crippen LogP contribution in [0.1, 0.15) is 25.1 Å². The van der Waals surface area contributed by atoms with Crippen molar-refractivity contribution in [2.45, 2.75) is 26.0 Å². The summed E-state index contributed by atoms with van der Waals surface area (Å²) < 4.78 is 10.9. The van der Waals surface area contributed by atoms with Crippen molar-refractivity contribution in [2.24, 2.45) is 14.1 Å². The summed E-state index contributed by atoms with van der Waals surface area (Å²) in [6.07, 6.45) is 0.669. The number of rotatable bonds is 2. The molecule has 1 aromatic carbocycles. The minimum absolute atomic E-state index is 0.119. The first-order valence-corrected chi connectivity index (χ1v) is 8.55. The fourth-order valence-corrected chi connectivity index (χ4v) is 3.87. The predicted octanol–water partition coefficient (Wildman–Crippen LogP) is 2.19. The summed E-state index contributed by atoms with van der Waals surface area (Å²) in [6, 6.07) is 9.89. The van der Waals surface area contributed by atoms with E-state index in [1.165, 1.54) is 11.6 Å². The Hall–Kier alpha value is -2.60. The SMILES string of the molecule is CCC1OCCn2c(-c3ccccc3)c3c(=O)n(C)c(=O)n(C)c3c21. The molecule has 0 radical (unpaired) electrons. The van der Waals surface area contributed by atoms with Crippen LogP contribution in [-0.4, -0.2) is 20.3 Å². The van der Waals surface area contributed by atoms with Crippen molar-refractivity contribution in [1.82, 2.24) is 13.7 Å². The van der Waals surface area contributed by atoms with Crippen molar-refractivity contribution in [3.05, 3.63) is 56.9 Å². The summed E-state index contributed by atoms with van der Waals surface area (Å²) in [5.41, 5.74) is 2.91. The molecule has 3 aromatic rings. The molecule has 0 N–H and O–H groups in total. The first-order chi connectivity index (χ1) is 12.1. The maximum atomic E-state index is 13.0. The van der Waals surface area contributed by atoms with Crippen LogP contribution in [0.2, 0.25) is 0 Å². The molecule has 0 aliphatic carbocycles. The molecule has 0 amide bonds. The van der Waals surface area contributed by atoms with Gasteiger partial charge in [0, 0.05) is 20.6 Å². The van der Waals surface area contributed by atoms with Gasteiger partial charge in [-0.25, -0.2) is 4.79 Å². The average molecular weight is 339 g/mol. The summed E-state index contributed by atoms with van der Waals surface area (Å²) in [7, 11) is 3.25. The quantitative estimate of drug-likeness (QED) is 0.719. The van der Waals surface area contributed by atoms with Crippen LogP contribution in [0.25, 0.3) is 22.2 Å². The van der Waals surface area contributed by atoms with Gasteiger partial charge in [-0.05, 0) is 12.0 Å². The van der Waals surface area contributed by atoms with E-state index in [-0.39, 0.29) is 17.4 Å². The first kappa shape index (κ1) is 15.9. The average Bonchev–Trinajstić information content (AvgIpc) is 3.00. The number of hydrogen-bond donors (Lipinski definition) is 0. The molecule has 2 aromatic heterocycles. The zero-order chi connectivity index (χ0) is 17.7. The van der Waals surface area contributed by atoms with E-state index < -0.39 is 0 Å². The third-order valence-corrected chi connectivity index (χ3v) is 5.06. The van der Waals surface area contributed by atoms with E-state index in [4.69, 9.17) is 4.74 Å². The topological polar surface area (TPSA) is 58.2 Å². The van der Waals surface area contributed by atoms with Gasteiger partial charge in [-0.2, -0.15) is 0 Å². The maximum absolute atomic E-state index is 13.0. The Morgan fingerprint density at radius 3 is 2.52 bits per heavy atom. The zero-order valence-corrected chi connectivity index (χ0v) is 14.7. The van der Waals surface area contributed by atoms with Crippen LogP contribution in [0.4, 0.5) is 0 Å². The van der Waals surface area contributed by atoms with Gasteiger partial charge in [-0.3, -0.25) is 13.9 Å². The number of aromatic nitrogens is 3. The largest absolute Gasteiger partial charge is 0.370 e. The smallest absolute Gasteiger partial charge is 0.331 e. The molecule has 25 heavy (non-hydrogen) atoms. The number of benzene rings is 1. The van der Waals surface area contributed by atoms with Gasteiger partial charge in [0.05, 0.1) is 35.0 Å². The minimum atomic E-state index is -0.314. The van der Waals surface area contributed by atoms with Crippen molar-refractivity contribution in [3.8, 4) is 11.3 Å². The van der Waals surface area contributed by atoms with E-state index in [1.807, 2.05) is 30.3 Å². The number of aryl methyl sites for hydroxylation is 1. The molecule has 6 nitrogen and oxygen atoms in total. The fraction of sp³-hybridized carbons (Fsp3) is 0.368. The Kier molecular flexibility index (Phi) is 3.65. The Morgan fingerprint density at radius 1 is 1.12 bits per heavy atom. The lowest BCUT2D eigenvalue weighted by molar-refractivity contribution is 0.0197. The monoisotopic (exact) mass is 339 g/mol. The molecule has 130 valence electrons. The molecule has 1 aliphatic heterocycles. The molecular formula is C19H21N3O3. The lowest BCUT2D eigenvalue weighted by Gasteiger charge is -2.26. The Bertz CT molecular complexity index is 1070. The molecule has 3 heterocycles. The van der Waals surface area contributed by atoms with E-state index in [2.05, 4.69) is 11.5 Å². The number of nitrogens with zero attached hydrogens (tertiary/aromatic N) is 3. The van der Waals surface area contributed by atoms with E-state index in [0.29, 0.717) is 24.1 Å². The van der Waals surface area contributed by atoms with Gasteiger partial charge in [0.25, 0.3) is 5.56 Å². The van der Waals surface area contributed by atoms with E-state index >= 15 is 0 Å². The highest BCUT2D eigenvalue weighted by Crippen LogP contribution is 2.38. The summed E-state index contributed by atoms with van der Waals surface area (Å²) in [4.78, 5) is 25.5. The standard InChI is InChI=1S/C19H21N3O3/c1-4-13-16-17-14(18(23)21(3)19(24)20(17)2)15(22(16)10-11-25-13)12-8-6-5-7-9-12/h5-9,13H,4,10-11H2,1-3H3. The zero-order valence-electron chi connectivity index (χ0n) is 14.7. The van der Waals surface area contributed by atoms with Crippen LogP contribution in [0.3, 0.4) is 0 Å². The van der Waals surface area contributed by atoms with Gasteiger partial charge in [0.2, 0.25) is 0 Å². The molecule has 6 heteroatoms. The third-order valence-electron chi connectivity index (χ3n) is 5.06. The lowest BCUT2D eigenvalue weighted by atomic mass is 10.1. The highest BCUT2D eigenvalue weighted by Gasteiger charge is 2.31. The summed E-state index contributed by atoms with van der Waals surface area (Å²) in [6.45, 7) is 3.32. The highest BCUT2D eigenvalue weighted by molar-refractivity contribution is 5.96. The molecule has 4 rings (SSSR count). The Morgan fingerprint density at radius 2 is 1.84 bits per heavy atom. The normalized spacial score (nSPS) is 17.0. The Balaban J connectivity index is 2.26. The van der Waals surface area contributed by atoms with Gasteiger partial charge >= 0.3 is 5.69 Å². The van der Waals surface area contributed by atoms with Crippen molar-refractivity contribution in [1.29, 1.82) is 0 Å². The number of ether oxygens (including phenoxy) is 1. The van der Waals surface area contributed by atoms with Crippen LogP contribution in [0, 0.1) is 0 Å². The second kappa shape index (κ2) is 5.74. The fourth-order valence-electron chi connectivity index (χ4n) is 3.87. The second-order valence-corrected chi connectivity index (χ2v) is 6.45. The summed E-state index contributed by atoms with van der Waals surface area (Å²) >= 11 is 0. The number of fused-ring (bicyclic) bond motifs is 3. The van der Waals surface area contributed by atoms with E-state index in [9.17, 15) is 9.59 Å². The summed E-state index contributed by atoms with van der Waals surface area (Å²) in [5.74, 6) is 0. The molecule has 1 unspecified atom stereocenters. The molecule has 1 atom stereocenters. The van der Waals surface area contributed by atoms with Crippen LogP contribution in [0.5, 0.6) is 0 Å². The van der Waals surface area contributed by atoms with Gasteiger partial charge in [0.15, 0.2) is 0 Å². The predicted molar refractivity (Wildman–Crippen MR) is 96.8 cm³/mol. The van der Waals surface area contributed by atoms with Crippen LogP contribution >= 0.6 is 0 Å². The Labute approximate surface area is 144 Å². The van der Waals surface area contributed by atoms with Crippen molar-refractivity contribution in [3.63, 3.8) is 0 Å². The third kappa shape index (κ3) is 2.14. The molecule has 1 aliphatic rings. The highest BCUT2D eigenvalue weighted by atomic mass is 16.5. The summed E-state index contributed by atoms with van der Waals surface area (Å²) in [5, 5.41) is 0.592. The van der Waals surface area contributed by atoms with Crippen LogP contribution in [-0.2, 0) is 25.4 Å². The van der Waals surface area contributed by atoms with E-state index in [0.717, 1.165) is 23.4 Å². The maximum Gasteiger partial charge on any atom is 0.331 e. The molecule has 0 fully saturated rings. The van der Waals surface area contributed by atoms with Gasteiger partial charge < -0.3 is 9.30 Å². The van der Waals surface area contributed by atoms with Gasteiger partial charge in [0.1, 0.15) is 0 Å². The molecule has 0 saturated heterocycles. The first-order valence-electron chi connectivity index (χ1n) is 8.55. The number of hydrogen-bond acceptors (Lipinski definition) is 3. The van der Waals surface area contributed by atoms with Crippen LogP contribution < -0.4 is 11.2 Å². The van der Waals surface area contributed by atoms with Crippen molar-refractivity contribution >= 4 is 10.9 Å². The minimum Gasteiger partial charge on any atom is -0.370 e. The van der Waals surface area contributed by atoms with E-state index in [1.54, 1.807) is 11.6 Å². The molecule has 0 spiro atoms. The molecular weight excluding hydrogens is 318 g/mol. The van der Waals surface area contributed by atoms with Gasteiger partial charge in [-0.1, -0.05) is 37.3 Å². The molecule has 0 bridgehead atoms. The lowest BCUT2D eigenvalue weighted by Crippen LogP contribution is -2.37. The molecule has 0 saturated carbocycles. The van der Waals surface area contributed by atoms with Crippen molar-refractivity contribution < 1.29 is 4.74 Å².